The van der Waals surface area contributed by atoms with E-state index in [1.165, 1.54) is 32.1 Å². The van der Waals surface area contributed by atoms with Crippen LogP contribution in [0.25, 0.3) is 0 Å². The third kappa shape index (κ3) is 15.7. The molecular weight excluding hydrogens is 250 g/mol. The molecule has 0 unspecified atom stereocenters. The highest BCUT2D eigenvalue weighted by atomic mass is 35.5. The molecule has 0 aromatic rings. The molecule has 0 amide bonds. The minimum absolute atomic E-state index is 0. The number of halogens is 1. The largest absolute Gasteiger partial charge is 0.466 e. The summed E-state index contributed by atoms with van der Waals surface area (Å²) < 4.78 is 5.16. The summed E-state index contributed by atoms with van der Waals surface area (Å²) in [6.45, 7) is 3.53. The second kappa shape index (κ2) is 16.7. The van der Waals surface area contributed by atoms with E-state index in [4.69, 9.17) is 10.5 Å². The first-order chi connectivity index (χ1) is 8.31. The lowest BCUT2D eigenvalue weighted by Crippen LogP contribution is -2.06. The minimum atomic E-state index is -0.0458. The van der Waals surface area contributed by atoms with Crippen LogP contribution >= 0.6 is 12.4 Å². The molecular formula is C14H30ClNO2. The van der Waals surface area contributed by atoms with Gasteiger partial charge in [0, 0.05) is 6.42 Å². The Labute approximate surface area is 118 Å². The summed E-state index contributed by atoms with van der Waals surface area (Å²) in [6, 6.07) is 0. The van der Waals surface area contributed by atoms with Crippen molar-refractivity contribution in [2.45, 2.75) is 71.1 Å². The zero-order valence-electron chi connectivity index (χ0n) is 11.8. The first-order valence-electron chi connectivity index (χ1n) is 7.17. The monoisotopic (exact) mass is 279 g/mol. The molecule has 0 bridgehead atoms. The highest BCUT2D eigenvalue weighted by Gasteiger charge is 2.01. The standard InChI is InChI=1S/C14H29NO2.ClH/c1-2-3-4-5-6-10-13-17-14(16)11-8-7-9-12-15;/h2-13,15H2,1H3;1H. The first-order valence-corrected chi connectivity index (χ1v) is 7.17. The Balaban J connectivity index is 0. The van der Waals surface area contributed by atoms with Crippen molar-refractivity contribution in [2.75, 3.05) is 13.2 Å². The summed E-state index contributed by atoms with van der Waals surface area (Å²) in [5, 5.41) is 0. The van der Waals surface area contributed by atoms with Crippen molar-refractivity contribution in [3.05, 3.63) is 0 Å². The van der Waals surface area contributed by atoms with Gasteiger partial charge in [0.25, 0.3) is 0 Å². The van der Waals surface area contributed by atoms with Gasteiger partial charge in [0.15, 0.2) is 0 Å². The lowest BCUT2D eigenvalue weighted by atomic mass is 10.1. The van der Waals surface area contributed by atoms with Crippen molar-refractivity contribution < 1.29 is 9.53 Å². The number of ether oxygens (including phenoxy) is 1. The average Bonchev–Trinajstić information content (AvgIpc) is 2.33. The number of rotatable bonds is 12. The molecule has 0 fully saturated rings. The molecule has 0 rings (SSSR count). The molecule has 18 heavy (non-hydrogen) atoms. The van der Waals surface area contributed by atoms with Crippen molar-refractivity contribution in [3.8, 4) is 0 Å². The molecule has 0 aromatic heterocycles. The van der Waals surface area contributed by atoms with Crippen molar-refractivity contribution >= 4 is 18.4 Å². The molecule has 4 heteroatoms. The topological polar surface area (TPSA) is 52.3 Å². The van der Waals surface area contributed by atoms with Gasteiger partial charge in [0.05, 0.1) is 6.61 Å². The smallest absolute Gasteiger partial charge is 0.305 e. The molecule has 0 radical (unpaired) electrons. The SMILES string of the molecule is CCCCCCCCOC(=O)CCCCCN.Cl. The van der Waals surface area contributed by atoms with Crippen LogP contribution in [-0.2, 0) is 9.53 Å². The van der Waals surface area contributed by atoms with E-state index in [1.807, 2.05) is 0 Å². The van der Waals surface area contributed by atoms with Gasteiger partial charge in [-0.25, -0.2) is 0 Å². The lowest BCUT2D eigenvalue weighted by Gasteiger charge is -2.04. The summed E-state index contributed by atoms with van der Waals surface area (Å²) in [5.74, 6) is -0.0458. The van der Waals surface area contributed by atoms with Crippen LogP contribution in [0.1, 0.15) is 71.1 Å². The molecule has 0 aliphatic carbocycles. The number of carbonyl (C=O) groups excluding carboxylic acids is 1. The Morgan fingerprint density at radius 2 is 1.56 bits per heavy atom. The third-order valence-electron chi connectivity index (χ3n) is 2.85. The molecule has 2 N–H and O–H groups in total. The van der Waals surface area contributed by atoms with Gasteiger partial charge in [-0.2, -0.15) is 0 Å². The van der Waals surface area contributed by atoms with Crippen LogP contribution in [0.15, 0.2) is 0 Å². The van der Waals surface area contributed by atoms with Crippen molar-refractivity contribution in [3.63, 3.8) is 0 Å². The van der Waals surface area contributed by atoms with Crippen molar-refractivity contribution in [1.82, 2.24) is 0 Å². The molecule has 0 aromatic carbocycles. The van der Waals surface area contributed by atoms with Gasteiger partial charge in [0.1, 0.15) is 0 Å². The maximum absolute atomic E-state index is 11.3. The van der Waals surface area contributed by atoms with Gasteiger partial charge < -0.3 is 10.5 Å². The van der Waals surface area contributed by atoms with Crippen molar-refractivity contribution in [1.29, 1.82) is 0 Å². The summed E-state index contributed by atoms with van der Waals surface area (Å²) in [5.41, 5.74) is 5.38. The van der Waals surface area contributed by atoms with Crippen molar-refractivity contribution in [2.24, 2.45) is 5.73 Å². The van der Waals surface area contributed by atoms with Crippen LogP contribution in [0, 0.1) is 0 Å². The highest BCUT2D eigenvalue weighted by Crippen LogP contribution is 2.06. The maximum atomic E-state index is 11.3. The van der Waals surface area contributed by atoms with Crippen LogP contribution < -0.4 is 5.73 Å². The molecule has 0 heterocycles. The lowest BCUT2D eigenvalue weighted by molar-refractivity contribution is -0.143. The van der Waals surface area contributed by atoms with E-state index in [1.54, 1.807) is 0 Å². The molecule has 0 aliphatic heterocycles. The fourth-order valence-corrected chi connectivity index (χ4v) is 1.73. The predicted molar refractivity (Wildman–Crippen MR) is 79.1 cm³/mol. The van der Waals surface area contributed by atoms with E-state index < -0.39 is 0 Å². The number of unbranched alkanes of at least 4 members (excludes halogenated alkanes) is 7. The second-order valence-corrected chi connectivity index (χ2v) is 4.59. The molecule has 0 aliphatic rings. The summed E-state index contributed by atoms with van der Waals surface area (Å²) in [4.78, 5) is 11.3. The molecule has 0 spiro atoms. The number of esters is 1. The Bertz CT molecular complexity index is 177. The van der Waals surface area contributed by atoms with Crippen LogP contribution in [0.3, 0.4) is 0 Å². The molecule has 0 atom stereocenters. The Morgan fingerprint density at radius 3 is 2.22 bits per heavy atom. The van der Waals surface area contributed by atoms with Crippen LogP contribution in [0.4, 0.5) is 0 Å². The molecule has 3 nitrogen and oxygen atoms in total. The number of nitrogens with two attached hydrogens (primary N) is 1. The summed E-state index contributed by atoms with van der Waals surface area (Å²) >= 11 is 0. The Kier molecular flexibility index (Phi) is 18.6. The molecule has 0 saturated heterocycles. The van der Waals surface area contributed by atoms with Gasteiger partial charge in [-0.1, -0.05) is 45.4 Å². The fraction of sp³-hybridized carbons (Fsp3) is 0.929. The van der Waals surface area contributed by atoms with Gasteiger partial charge in [-0.15, -0.1) is 12.4 Å². The van der Waals surface area contributed by atoms with Gasteiger partial charge in [0.2, 0.25) is 0 Å². The minimum Gasteiger partial charge on any atom is -0.466 e. The molecule has 110 valence electrons. The van der Waals surface area contributed by atoms with Gasteiger partial charge in [-0.3, -0.25) is 4.79 Å². The third-order valence-corrected chi connectivity index (χ3v) is 2.85. The van der Waals surface area contributed by atoms with E-state index in [-0.39, 0.29) is 18.4 Å². The quantitative estimate of drug-likeness (QED) is 0.436. The van der Waals surface area contributed by atoms with E-state index in [9.17, 15) is 4.79 Å². The zero-order valence-corrected chi connectivity index (χ0v) is 12.6. The first kappa shape index (κ1) is 20.0. The Morgan fingerprint density at radius 1 is 0.944 bits per heavy atom. The molecule has 0 saturated carbocycles. The van der Waals surface area contributed by atoms with Gasteiger partial charge >= 0.3 is 5.97 Å². The van der Waals surface area contributed by atoms with E-state index >= 15 is 0 Å². The van der Waals surface area contributed by atoms with E-state index in [0.717, 1.165) is 25.7 Å². The summed E-state index contributed by atoms with van der Waals surface area (Å²) in [6.07, 6.45) is 10.9. The van der Waals surface area contributed by atoms with Crippen LogP contribution in [-0.4, -0.2) is 19.1 Å². The van der Waals surface area contributed by atoms with Gasteiger partial charge in [-0.05, 0) is 25.8 Å². The average molecular weight is 280 g/mol. The summed E-state index contributed by atoms with van der Waals surface area (Å²) in [7, 11) is 0. The maximum Gasteiger partial charge on any atom is 0.305 e. The van der Waals surface area contributed by atoms with E-state index in [0.29, 0.717) is 19.6 Å². The fourth-order valence-electron chi connectivity index (χ4n) is 1.73. The highest BCUT2D eigenvalue weighted by molar-refractivity contribution is 5.85. The zero-order chi connectivity index (χ0) is 12.8. The Hall–Kier alpha value is -0.280. The number of hydrogen-bond acceptors (Lipinski definition) is 3. The normalized spacial score (nSPS) is 9.89. The van der Waals surface area contributed by atoms with Crippen LogP contribution in [0.2, 0.25) is 0 Å². The number of hydrogen-bond donors (Lipinski definition) is 1. The second-order valence-electron chi connectivity index (χ2n) is 4.59. The number of carbonyl (C=O) groups is 1. The van der Waals surface area contributed by atoms with Crippen LogP contribution in [0.5, 0.6) is 0 Å². The van der Waals surface area contributed by atoms with E-state index in [2.05, 4.69) is 6.92 Å². The predicted octanol–water partition coefficient (Wildman–Crippen LogP) is 3.83.